The van der Waals surface area contributed by atoms with Crippen molar-refractivity contribution in [1.29, 1.82) is 0 Å². The van der Waals surface area contributed by atoms with Crippen LogP contribution < -0.4 is 10.1 Å². The van der Waals surface area contributed by atoms with Crippen LogP contribution in [0.5, 0.6) is 5.75 Å². The maximum Gasteiger partial charge on any atom is 0.160 e. The molecular formula is C28H29ClF2N2O3. The summed E-state index contributed by atoms with van der Waals surface area (Å²) < 4.78 is 32.0. The van der Waals surface area contributed by atoms with Crippen LogP contribution in [0.1, 0.15) is 49.3 Å². The summed E-state index contributed by atoms with van der Waals surface area (Å²) >= 11 is 6.47. The first-order chi connectivity index (χ1) is 17.3. The molecule has 0 amide bonds. The van der Waals surface area contributed by atoms with Gasteiger partial charge in [-0.15, -0.1) is 0 Å². The highest BCUT2D eigenvalue weighted by Gasteiger charge is 2.39. The van der Waals surface area contributed by atoms with Gasteiger partial charge in [0, 0.05) is 29.1 Å². The van der Waals surface area contributed by atoms with Crippen LogP contribution in [0.15, 0.2) is 42.6 Å². The largest absolute Gasteiger partial charge is 0.497 e. The Kier molecular flexibility index (Phi) is 8.43. The summed E-state index contributed by atoms with van der Waals surface area (Å²) in [6, 6.07) is 8.94. The number of hydrogen-bond donors (Lipinski definition) is 3. The molecule has 4 rings (SSSR count). The number of benzene rings is 2. The number of hydrogen-bond acceptors (Lipinski definition) is 5. The molecule has 0 radical (unpaired) electrons. The third kappa shape index (κ3) is 5.79. The van der Waals surface area contributed by atoms with Crippen LogP contribution in [0.3, 0.4) is 0 Å². The van der Waals surface area contributed by atoms with E-state index in [2.05, 4.69) is 22.1 Å². The van der Waals surface area contributed by atoms with Crippen molar-refractivity contribution in [3.8, 4) is 17.6 Å². The van der Waals surface area contributed by atoms with E-state index in [0.717, 1.165) is 43.5 Å². The van der Waals surface area contributed by atoms with E-state index in [0.29, 0.717) is 40.3 Å². The first kappa shape index (κ1) is 26.3. The van der Waals surface area contributed by atoms with Gasteiger partial charge in [0.15, 0.2) is 11.6 Å². The Morgan fingerprint density at radius 3 is 2.64 bits per heavy atom. The Hall–Kier alpha value is -2.76. The van der Waals surface area contributed by atoms with Crippen LogP contribution in [0.4, 0.5) is 8.78 Å². The van der Waals surface area contributed by atoms with Gasteiger partial charge in [0.2, 0.25) is 0 Å². The molecule has 2 atom stereocenters. The molecule has 2 aromatic carbocycles. The van der Waals surface area contributed by atoms with Crippen LogP contribution in [0.25, 0.3) is 10.9 Å². The second kappa shape index (κ2) is 11.5. The first-order valence-corrected chi connectivity index (χ1v) is 12.3. The van der Waals surface area contributed by atoms with E-state index in [1.165, 1.54) is 12.3 Å². The molecule has 0 bridgehead atoms. The number of fused-ring (bicyclic) bond motifs is 1. The normalized spacial score (nSPS) is 16.7. The van der Waals surface area contributed by atoms with E-state index < -0.39 is 29.3 Å². The summed E-state index contributed by atoms with van der Waals surface area (Å²) in [4.78, 5) is 4.35. The van der Waals surface area contributed by atoms with Gasteiger partial charge in [0.05, 0.1) is 29.9 Å². The summed E-state index contributed by atoms with van der Waals surface area (Å²) in [5.74, 6) is 4.50. The fourth-order valence-electron chi connectivity index (χ4n) is 4.92. The molecule has 0 spiro atoms. The molecule has 3 aromatic rings. The van der Waals surface area contributed by atoms with Gasteiger partial charge in [-0.3, -0.25) is 4.98 Å². The maximum absolute atomic E-state index is 13.5. The number of aliphatic hydroxyl groups is 2. The molecule has 0 saturated carbocycles. The number of aromatic nitrogens is 1. The van der Waals surface area contributed by atoms with Crippen molar-refractivity contribution in [2.24, 2.45) is 5.41 Å². The molecule has 8 heteroatoms. The average Bonchev–Trinajstić information content (AvgIpc) is 2.89. The van der Waals surface area contributed by atoms with E-state index in [1.54, 1.807) is 13.2 Å². The number of rotatable bonds is 7. The average molecular weight is 515 g/mol. The molecule has 2 heterocycles. The van der Waals surface area contributed by atoms with Gasteiger partial charge in [-0.1, -0.05) is 23.4 Å². The van der Waals surface area contributed by atoms with Crippen LogP contribution in [0, 0.1) is 28.9 Å². The number of halogens is 3. The fraction of sp³-hybridized carbons (Fsp3) is 0.393. The number of ether oxygens (including phenoxy) is 1. The highest BCUT2D eigenvalue weighted by molar-refractivity contribution is 6.32. The quantitative estimate of drug-likeness (QED) is 0.380. The van der Waals surface area contributed by atoms with Crippen molar-refractivity contribution in [1.82, 2.24) is 10.3 Å². The summed E-state index contributed by atoms with van der Waals surface area (Å²) in [6.07, 6.45) is 2.54. The van der Waals surface area contributed by atoms with E-state index in [-0.39, 0.29) is 6.42 Å². The van der Waals surface area contributed by atoms with Crippen molar-refractivity contribution < 1.29 is 23.7 Å². The van der Waals surface area contributed by atoms with E-state index in [9.17, 15) is 19.0 Å². The van der Waals surface area contributed by atoms with Gasteiger partial charge >= 0.3 is 0 Å². The Morgan fingerprint density at radius 2 is 1.92 bits per heavy atom. The van der Waals surface area contributed by atoms with Crippen molar-refractivity contribution in [2.45, 2.75) is 44.3 Å². The lowest BCUT2D eigenvalue weighted by molar-refractivity contribution is -0.0120. The minimum atomic E-state index is -0.953. The molecule has 3 N–H and O–H groups in total. The third-order valence-electron chi connectivity index (χ3n) is 7.07. The number of aliphatic hydroxyl groups excluding tert-OH is 2. The van der Waals surface area contributed by atoms with Crippen molar-refractivity contribution >= 4 is 22.5 Å². The topological polar surface area (TPSA) is 74.6 Å². The molecule has 0 aliphatic carbocycles. The summed E-state index contributed by atoms with van der Waals surface area (Å²) in [6.45, 7) is 1.50. The number of pyridine rings is 1. The molecule has 1 aliphatic heterocycles. The van der Waals surface area contributed by atoms with E-state index in [1.807, 2.05) is 12.1 Å². The predicted molar refractivity (Wildman–Crippen MR) is 136 cm³/mol. The molecular weight excluding hydrogens is 486 g/mol. The maximum atomic E-state index is 13.5. The third-order valence-corrected chi connectivity index (χ3v) is 7.37. The lowest BCUT2D eigenvalue weighted by Gasteiger charge is -2.41. The summed E-state index contributed by atoms with van der Waals surface area (Å²) in [5.41, 5.74) is 1.21. The minimum absolute atomic E-state index is 0.186. The standard InChI is InChI=1S/C28H29ClF2N2O3/c1-36-19-6-8-24-20(16-19)27(21(29)17-33-24)25(34)9-10-28(11-13-32-14-12-28)26(35)4-2-3-18-5-7-22(30)23(31)15-18/h5-8,15-17,25-26,32,34-35H,4,9-14H2,1H3/t25-,26+/m1/s1. The molecule has 1 saturated heterocycles. The zero-order valence-electron chi connectivity index (χ0n) is 20.0. The summed E-state index contributed by atoms with van der Waals surface area (Å²) in [7, 11) is 1.58. The van der Waals surface area contributed by atoms with E-state index >= 15 is 0 Å². The van der Waals surface area contributed by atoms with E-state index in [4.69, 9.17) is 16.3 Å². The smallest absolute Gasteiger partial charge is 0.160 e. The van der Waals surface area contributed by atoms with Crippen LogP contribution >= 0.6 is 11.6 Å². The number of methoxy groups -OCH3 is 1. The molecule has 190 valence electrons. The van der Waals surface area contributed by atoms with Crippen molar-refractivity contribution in [3.05, 3.63) is 70.4 Å². The highest BCUT2D eigenvalue weighted by atomic mass is 35.5. The van der Waals surface area contributed by atoms with Gasteiger partial charge in [-0.05, 0) is 80.6 Å². The lowest BCUT2D eigenvalue weighted by atomic mass is 9.69. The van der Waals surface area contributed by atoms with Crippen LogP contribution in [-0.4, -0.2) is 41.5 Å². The Morgan fingerprint density at radius 1 is 1.14 bits per heavy atom. The van der Waals surface area contributed by atoms with Gasteiger partial charge in [0.25, 0.3) is 0 Å². The second-order valence-electron chi connectivity index (χ2n) is 9.22. The Labute approximate surface area is 214 Å². The number of nitrogens with one attached hydrogen (secondary N) is 1. The highest BCUT2D eigenvalue weighted by Crippen LogP contribution is 2.42. The van der Waals surface area contributed by atoms with Gasteiger partial charge < -0.3 is 20.3 Å². The van der Waals surface area contributed by atoms with Crippen molar-refractivity contribution in [3.63, 3.8) is 0 Å². The SMILES string of the molecule is COc1ccc2ncc(Cl)c([C@H](O)CCC3([C@@H](O)CC#Cc4ccc(F)c(F)c4)CCNCC3)c2c1. The molecule has 36 heavy (non-hydrogen) atoms. The molecule has 0 unspecified atom stereocenters. The molecule has 1 aromatic heterocycles. The van der Waals surface area contributed by atoms with Gasteiger partial charge in [-0.25, -0.2) is 8.78 Å². The Balaban J connectivity index is 1.52. The zero-order chi connectivity index (χ0) is 25.7. The minimum Gasteiger partial charge on any atom is -0.497 e. The molecule has 1 aliphatic rings. The molecule has 5 nitrogen and oxygen atoms in total. The number of nitrogens with zero attached hydrogens (tertiary/aromatic N) is 1. The van der Waals surface area contributed by atoms with Crippen LogP contribution in [0.2, 0.25) is 5.02 Å². The van der Waals surface area contributed by atoms with Crippen molar-refractivity contribution in [2.75, 3.05) is 20.2 Å². The fourth-order valence-corrected chi connectivity index (χ4v) is 5.19. The predicted octanol–water partition coefficient (Wildman–Crippen LogP) is 5.16. The van der Waals surface area contributed by atoms with Gasteiger partial charge in [0.1, 0.15) is 5.75 Å². The first-order valence-electron chi connectivity index (χ1n) is 12.0. The van der Waals surface area contributed by atoms with Crippen LogP contribution in [-0.2, 0) is 0 Å². The lowest BCUT2D eigenvalue weighted by Crippen LogP contribution is -2.44. The number of piperidine rings is 1. The summed E-state index contributed by atoms with van der Waals surface area (Å²) in [5, 5.41) is 26.8. The molecule has 1 fully saturated rings. The monoisotopic (exact) mass is 514 g/mol. The van der Waals surface area contributed by atoms with Gasteiger partial charge in [-0.2, -0.15) is 0 Å². The second-order valence-corrected chi connectivity index (χ2v) is 9.63. The Bertz CT molecular complexity index is 1290. The zero-order valence-corrected chi connectivity index (χ0v) is 20.8.